The van der Waals surface area contributed by atoms with E-state index in [9.17, 15) is 13.2 Å². The van der Waals surface area contributed by atoms with Crippen molar-refractivity contribution in [1.82, 2.24) is 15.0 Å². The maximum atomic E-state index is 12.0. The maximum absolute atomic E-state index is 12.0. The zero-order valence-corrected chi connectivity index (χ0v) is 14.8. The number of benzene rings is 1. The first-order valence-corrected chi connectivity index (χ1v) is 9.34. The van der Waals surface area contributed by atoms with Gasteiger partial charge in [0.15, 0.2) is 0 Å². The Hall–Kier alpha value is -1.67. The average Bonchev–Trinajstić information content (AvgIpc) is 2.56. The van der Waals surface area contributed by atoms with Gasteiger partial charge in [-0.2, -0.15) is 0 Å². The van der Waals surface area contributed by atoms with Crippen LogP contribution in [0.3, 0.4) is 0 Å². The van der Waals surface area contributed by atoms with Gasteiger partial charge >= 0.3 is 0 Å². The zero-order chi connectivity index (χ0) is 17.6. The van der Waals surface area contributed by atoms with Gasteiger partial charge in [-0.1, -0.05) is 41.4 Å². The topological polar surface area (TPSA) is 88.2 Å². The first-order chi connectivity index (χ1) is 11.4. The molecule has 0 fully saturated rings. The Labute approximate surface area is 150 Å². The molecule has 0 aliphatic rings. The van der Waals surface area contributed by atoms with Crippen molar-refractivity contribution in [2.45, 2.75) is 12.3 Å². The minimum Gasteiger partial charge on any atom is -0.351 e. The number of amides is 1. The molecule has 6 nitrogen and oxygen atoms in total. The van der Waals surface area contributed by atoms with Gasteiger partial charge in [0.25, 0.3) is 0 Å². The van der Waals surface area contributed by atoms with Crippen LogP contribution in [-0.2, 0) is 27.1 Å². The van der Waals surface area contributed by atoms with E-state index < -0.39 is 15.9 Å². The third-order valence-corrected chi connectivity index (χ3v) is 5.18. The molecule has 0 aliphatic carbocycles. The van der Waals surface area contributed by atoms with Gasteiger partial charge < -0.3 is 5.32 Å². The summed E-state index contributed by atoms with van der Waals surface area (Å²) in [6, 6.07) is 8.30. The highest BCUT2D eigenvalue weighted by Crippen LogP contribution is 2.26. The summed E-state index contributed by atoms with van der Waals surface area (Å²) in [5, 5.41) is 3.07. The van der Waals surface area contributed by atoms with E-state index in [4.69, 9.17) is 23.2 Å². The van der Waals surface area contributed by atoms with E-state index in [1.54, 1.807) is 42.7 Å². The van der Waals surface area contributed by atoms with Crippen LogP contribution < -0.4 is 10.0 Å². The Kier molecular flexibility index (Phi) is 6.56. The predicted octanol–water partition coefficient (Wildman–Crippen LogP) is 2.12. The van der Waals surface area contributed by atoms with Crippen molar-refractivity contribution in [3.05, 3.63) is 63.9 Å². The van der Waals surface area contributed by atoms with Crippen LogP contribution in [0.2, 0.25) is 10.0 Å². The summed E-state index contributed by atoms with van der Waals surface area (Å²) < 4.78 is 26.3. The fraction of sp³-hybridized carbons (Fsp3) is 0.200. The van der Waals surface area contributed by atoms with E-state index >= 15 is 0 Å². The lowest BCUT2D eigenvalue weighted by atomic mass is 10.2. The Morgan fingerprint density at radius 2 is 1.96 bits per heavy atom. The largest absolute Gasteiger partial charge is 0.351 e. The van der Waals surface area contributed by atoms with Crippen molar-refractivity contribution in [2.24, 2.45) is 0 Å². The van der Waals surface area contributed by atoms with Crippen molar-refractivity contribution in [3.63, 3.8) is 0 Å². The summed E-state index contributed by atoms with van der Waals surface area (Å²) in [4.78, 5) is 15.7. The zero-order valence-electron chi connectivity index (χ0n) is 12.5. The number of carbonyl (C=O) groups is 1. The molecule has 0 atom stereocenters. The molecule has 0 radical (unpaired) electrons. The number of aromatic nitrogens is 1. The highest BCUT2D eigenvalue weighted by atomic mass is 35.5. The normalized spacial score (nSPS) is 11.2. The number of rotatable bonds is 7. The molecule has 1 aromatic carbocycles. The van der Waals surface area contributed by atoms with Crippen LogP contribution in [0, 0.1) is 0 Å². The molecule has 0 saturated heterocycles. The van der Waals surface area contributed by atoms with Gasteiger partial charge in [-0.15, -0.1) is 0 Å². The fourth-order valence-electron chi connectivity index (χ4n) is 1.86. The minimum atomic E-state index is -3.72. The van der Waals surface area contributed by atoms with Crippen molar-refractivity contribution in [2.75, 3.05) is 6.54 Å². The lowest BCUT2D eigenvalue weighted by Gasteiger charge is -2.09. The van der Waals surface area contributed by atoms with Crippen LogP contribution >= 0.6 is 23.2 Å². The second kappa shape index (κ2) is 8.43. The van der Waals surface area contributed by atoms with E-state index in [-0.39, 0.29) is 28.9 Å². The molecule has 1 amide bonds. The molecule has 24 heavy (non-hydrogen) atoms. The summed E-state index contributed by atoms with van der Waals surface area (Å²) in [6.07, 6.45) is 3.24. The molecule has 0 unspecified atom stereocenters. The van der Waals surface area contributed by atoms with Crippen molar-refractivity contribution >= 4 is 39.1 Å². The molecule has 0 aliphatic heterocycles. The number of hydrogen-bond acceptors (Lipinski definition) is 4. The molecule has 1 heterocycles. The van der Waals surface area contributed by atoms with E-state index in [1.165, 1.54) is 0 Å². The number of nitrogens with one attached hydrogen (secondary N) is 2. The molecule has 128 valence electrons. The van der Waals surface area contributed by atoms with Crippen molar-refractivity contribution in [3.8, 4) is 0 Å². The minimum absolute atomic E-state index is 0.186. The van der Waals surface area contributed by atoms with E-state index in [0.717, 1.165) is 5.56 Å². The molecule has 2 aromatic rings. The molecule has 0 saturated carbocycles. The Balaban J connectivity index is 1.86. The third kappa shape index (κ3) is 5.76. The number of nitrogens with zero attached hydrogens (tertiary/aromatic N) is 1. The van der Waals surface area contributed by atoms with Gasteiger partial charge in [0, 0.05) is 18.9 Å². The standard InChI is InChI=1S/C15H15Cl2N3O3S/c16-13-5-1-4-12(15(13)17)10-24(22,23)20-9-14(21)19-8-11-3-2-6-18-7-11/h1-7,20H,8-10H2,(H,19,21). The number of sulfonamides is 1. The third-order valence-electron chi connectivity index (χ3n) is 3.04. The molecular weight excluding hydrogens is 373 g/mol. The van der Waals surface area contributed by atoms with E-state index in [2.05, 4.69) is 15.0 Å². The predicted molar refractivity (Wildman–Crippen MR) is 93.2 cm³/mol. The van der Waals surface area contributed by atoms with E-state index in [0.29, 0.717) is 5.56 Å². The molecule has 2 N–H and O–H groups in total. The summed E-state index contributed by atoms with van der Waals surface area (Å²) >= 11 is 11.8. The molecule has 2 rings (SSSR count). The first kappa shape index (κ1) is 18.7. The molecule has 0 bridgehead atoms. The average molecular weight is 388 g/mol. The molecule has 1 aromatic heterocycles. The van der Waals surface area contributed by atoms with Crippen LogP contribution in [0.15, 0.2) is 42.7 Å². The van der Waals surface area contributed by atoms with Crippen LogP contribution in [-0.4, -0.2) is 25.9 Å². The molecule has 9 heteroatoms. The maximum Gasteiger partial charge on any atom is 0.235 e. The van der Waals surface area contributed by atoms with Gasteiger partial charge in [0.2, 0.25) is 15.9 Å². The number of hydrogen-bond donors (Lipinski definition) is 2. The van der Waals surface area contributed by atoms with Gasteiger partial charge in [-0.05, 0) is 23.3 Å². The number of pyridine rings is 1. The summed E-state index contributed by atoms with van der Waals surface area (Å²) in [5.41, 5.74) is 1.19. The second-order valence-corrected chi connectivity index (χ2v) is 7.52. The fourth-order valence-corrected chi connectivity index (χ4v) is 3.43. The smallest absolute Gasteiger partial charge is 0.235 e. The summed E-state index contributed by atoms with van der Waals surface area (Å²) in [7, 11) is -3.72. The van der Waals surface area contributed by atoms with Crippen molar-refractivity contribution < 1.29 is 13.2 Å². The quantitative estimate of drug-likeness (QED) is 0.761. The van der Waals surface area contributed by atoms with E-state index in [1.807, 2.05) is 0 Å². The summed E-state index contributed by atoms with van der Waals surface area (Å²) in [5.74, 6) is -0.804. The van der Waals surface area contributed by atoms with Crippen LogP contribution in [0.4, 0.5) is 0 Å². The van der Waals surface area contributed by atoms with Crippen LogP contribution in [0.1, 0.15) is 11.1 Å². The highest BCUT2D eigenvalue weighted by molar-refractivity contribution is 7.88. The first-order valence-electron chi connectivity index (χ1n) is 6.93. The monoisotopic (exact) mass is 387 g/mol. The van der Waals surface area contributed by atoms with Gasteiger partial charge in [0.1, 0.15) is 0 Å². The number of carbonyl (C=O) groups excluding carboxylic acids is 1. The second-order valence-electron chi connectivity index (χ2n) is 4.93. The molecule has 0 spiro atoms. The Morgan fingerprint density at radius 3 is 2.67 bits per heavy atom. The number of halogens is 2. The lowest BCUT2D eigenvalue weighted by Crippen LogP contribution is -2.37. The Morgan fingerprint density at radius 1 is 1.17 bits per heavy atom. The summed E-state index contributed by atoms with van der Waals surface area (Å²) in [6.45, 7) is -0.0880. The highest BCUT2D eigenvalue weighted by Gasteiger charge is 2.16. The lowest BCUT2D eigenvalue weighted by molar-refractivity contribution is -0.120. The van der Waals surface area contributed by atoms with Gasteiger partial charge in [0.05, 0.1) is 22.3 Å². The van der Waals surface area contributed by atoms with Crippen molar-refractivity contribution in [1.29, 1.82) is 0 Å². The van der Waals surface area contributed by atoms with Crippen LogP contribution in [0.5, 0.6) is 0 Å². The molecular formula is C15H15Cl2N3O3S. The SMILES string of the molecule is O=C(CNS(=O)(=O)Cc1cccc(Cl)c1Cl)NCc1cccnc1. The van der Waals surface area contributed by atoms with Crippen LogP contribution in [0.25, 0.3) is 0 Å². The van der Waals surface area contributed by atoms with Gasteiger partial charge in [-0.3, -0.25) is 9.78 Å². The Bertz CT molecular complexity index is 814. The van der Waals surface area contributed by atoms with Gasteiger partial charge in [-0.25, -0.2) is 13.1 Å².